The molecule has 2 aromatic rings. The van der Waals surface area contributed by atoms with Crippen molar-refractivity contribution in [3.05, 3.63) is 39.3 Å². The largest absolute Gasteiger partial charge is 0.271 e. The van der Waals surface area contributed by atoms with E-state index in [0.29, 0.717) is 28.3 Å². The van der Waals surface area contributed by atoms with Gasteiger partial charge < -0.3 is 0 Å². The lowest BCUT2D eigenvalue weighted by atomic mass is 10.2. The molecule has 0 saturated heterocycles. The standard InChI is InChI=1S/C10H8ClN3O2/c1-2-9-12-8-5-6(14(15)16)3-4-7(8)10(11)13-9/h3-5H,2H2,1H3. The van der Waals surface area contributed by atoms with Gasteiger partial charge in [0.2, 0.25) is 0 Å². The first-order valence-electron chi connectivity index (χ1n) is 4.72. The number of nitro groups is 1. The summed E-state index contributed by atoms with van der Waals surface area (Å²) in [6.45, 7) is 1.90. The van der Waals surface area contributed by atoms with Crippen LogP contribution in [0.1, 0.15) is 12.7 Å². The summed E-state index contributed by atoms with van der Waals surface area (Å²) in [7, 11) is 0. The molecule has 0 N–H and O–H groups in total. The summed E-state index contributed by atoms with van der Waals surface area (Å²) in [6.07, 6.45) is 0.637. The molecule has 1 aromatic carbocycles. The van der Waals surface area contributed by atoms with Crippen LogP contribution in [0.5, 0.6) is 0 Å². The van der Waals surface area contributed by atoms with Crippen LogP contribution in [-0.2, 0) is 6.42 Å². The zero-order valence-electron chi connectivity index (χ0n) is 8.48. The molecule has 82 valence electrons. The van der Waals surface area contributed by atoms with Crippen molar-refractivity contribution in [2.24, 2.45) is 0 Å². The number of aryl methyl sites for hydroxylation is 1. The van der Waals surface area contributed by atoms with Crippen LogP contribution in [0.2, 0.25) is 5.15 Å². The number of fused-ring (bicyclic) bond motifs is 1. The molecule has 0 aliphatic rings. The van der Waals surface area contributed by atoms with E-state index in [2.05, 4.69) is 9.97 Å². The number of non-ortho nitro benzene ring substituents is 1. The van der Waals surface area contributed by atoms with Gasteiger partial charge in [-0.2, -0.15) is 0 Å². The second kappa shape index (κ2) is 4.02. The van der Waals surface area contributed by atoms with Crippen molar-refractivity contribution in [2.45, 2.75) is 13.3 Å². The minimum Gasteiger partial charge on any atom is -0.258 e. The lowest BCUT2D eigenvalue weighted by Gasteiger charge is -2.02. The molecule has 5 nitrogen and oxygen atoms in total. The van der Waals surface area contributed by atoms with E-state index >= 15 is 0 Å². The monoisotopic (exact) mass is 237 g/mol. The van der Waals surface area contributed by atoms with Crippen molar-refractivity contribution in [1.29, 1.82) is 0 Å². The zero-order valence-corrected chi connectivity index (χ0v) is 9.23. The van der Waals surface area contributed by atoms with Gasteiger partial charge >= 0.3 is 0 Å². The first-order valence-corrected chi connectivity index (χ1v) is 5.10. The van der Waals surface area contributed by atoms with Crippen molar-refractivity contribution < 1.29 is 4.92 Å². The maximum Gasteiger partial charge on any atom is 0.271 e. The fraction of sp³-hybridized carbons (Fsp3) is 0.200. The Bertz CT molecular complexity index is 571. The average Bonchev–Trinajstić information content (AvgIpc) is 2.28. The molecule has 0 amide bonds. The fourth-order valence-electron chi connectivity index (χ4n) is 1.40. The van der Waals surface area contributed by atoms with Gasteiger partial charge in [-0.1, -0.05) is 18.5 Å². The Morgan fingerprint density at radius 2 is 2.19 bits per heavy atom. The van der Waals surface area contributed by atoms with Crippen LogP contribution in [0.3, 0.4) is 0 Å². The topological polar surface area (TPSA) is 68.9 Å². The molecule has 0 aliphatic heterocycles. The third-order valence-electron chi connectivity index (χ3n) is 2.21. The summed E-state index contributed by atoms with van der Waals surface area (Å²) in [4.78, 5) is 18.4. The molecule has 16 heavy (non-hydrogen) atoms. The summed E-state index contributed by atoms with van der Waals surface area (Å²) >= 11 is 5.95. The molecule has 0 radical (unpaired) electrons. The van der Waals surface area contributed by atoms with Crippen LogP contribution >= 0.6 is 11.6 Å². The van der Waals surface area contributed by atoms with E-state index in [9.17, 15) is 10.1 Å². The van der Waals surface area contributed by atoms with E-state index in [0.717, 1.165) is 0 Å². The first kappa shape index (κ1) is 10.8. The number of hydrogen-bond acceptors (Lipinski definition) is 4. The molecule has 0 atom stereocenters. The van der Waals surface area contributed by atoms with Crippen LogP contribution in [-0.4, -0.2) is 14.9 Å². The molecular weight excluding hydrogens is 230 g/mol. The maximum atomic E-state index is 10.6. The Kier molecular flexibility index (Phi) is 2.70. The van der Waals surface area contributed by atoms with E-state index in [4.69, 9.17) is 11.6 Å². The Morgan fingerprint density at radius 1 is 1.44 bits per heavy atom. The van der Waals surface area contributed by atoms with E-state index in [1.165, 1.54) is 12.1 Å². The van der Waals surface area contributed by atoms with Gasteiger partial charge in [-0.15, -0.1) is 0 Å². The van der Waals surface area contributed by atoms with Crippen molar-refractivity contribution in [2.75, 3.05) is 0 Å². The molecule has 0 unspecified atom stereocenters. The maximum absolute atomic E-state index is 10.6. The van der Waals surface area contributed by atoms with Gasteiger partial charge in [-0.05, 0) is 6.07 Å². The summed E-state index contributed by atoms with van der Waals surface area (Å²) in [5.41, 5.74) is 0.510. The van der Waals surface area contributed by atoms with Gasteiger partial charge in [0.15, 0.2) is 0 Å². The van der Waals surface area contributed by atoms with E-state index in [-0.39, 0.29) is 5.69 Å². The second-order valence-corrected chi connectivity index (χ2v) is 3.60. The highest BCUT2D eigenvalue weighted by molar-refractivity contribution is 6.34. The normalized spacial score (nSPS) is 10.6. The molecular formula is C10H8ClN3O2. The molecule has 0 saturated carbocycles. The predicted molar refractivity (Wildman–Crippen MR) is 60.6 cm³/mol. The number of nitrogens with zero attached hydrogens (tertiary/aromatic N) is 3. The predicted octanol–water partition coefficient (Wildman–Crippen LogP) is 2.75. The first-order chi connectivity index (χ1) is 7.61. The average molecular weight is 238 g/mol. The lowest BCUT2D eigenvalue weighted by molar-refractivity contribution is -0.384. The Labute approximate surface area is 96.2 Å². The van der Waals surface area contributed by atoms with Crippen molar-refractivity contribution >= 4 is 28.2 Å². The van der Waals surface area contributed by atoms with Crippen molar-refractivity contribution in [3.8, 4) is 0 Å². The smallest absolute Gasteiger partial charge is 0.258 e. The van der Waals surface area contributed by atoms with Crippen LogP contribution in [0.25, 0.3) is 10.9 Å². The van der Waals surface area contributed by atoms with Crippen LogP contribution < -0.4 is 0 Å². The number of halogens is 1. The van der Waals surface area contributed by atoms with Gasteiger partial charge in [0, 0.05) is 23.9 Å². The Morgan fingerprint density at radius 3 is 2.81 bits per heavy atom. The molecule has 1 heterocycles. The third kappa shape index (κ3) is 1.81. The quantitative estimate of drug-likeness (QED) is 0.458. The zero-order chi connectivity index (χ0) is 11.7. The van der Waals surface area contributed by atoms with Gasteiger partial charge in [0.05, 0.1) is 10.4 Å². The van der Waals surface area contributed by atoms with Crippen molar-refractivity contribution in [1.82, 2.24) is 9.97 Å². The number of aromatic nitrogens is 2. The molecule has 0 spiro atoms. The third-order valence-corrected chi connectivity index (χ3v) is 2.50. The van der Waals surface area contributed by atoms with Crippen molar-refractivity contribution in [3.63, 3.8) is 0 Å². The van der Waals surface area contributed by atoms with E-state index in [1.807, 2.05) is 6.92 Å². The van der Waals surface area contributed by atoms with E-state index < -0.39 is 4.92 Å². The van der Waals surface area contributed by atoms with Crippen LogP contribution in [0.15, 0.2) is 18.2 Å². The van der Waals surface area contributed by atoms with E-state index in [1.54, 1.807) is 6.07 Å². The molecule has 0 fully saturated rings. The summed E-state index contributed by atoms with van der Waals surface area (Å²) in [6, 6.07) is 4.36. The molecule has 2 rings (SSSR count). The van der Waals surface area contributed by atoms with Crippen LogP contribution in [0.4, 0.5) is 5.69 Å². The van der Waals surface area contributed by atoms with Gasteiger partial charge in [-0.3, -0.25) is 10.1 Å². The highest BCUT2D eigenvalue weighted by atomic mass is 35.5. The molecule has 0 bridgehead atoms. The number of hydrogen-bond donors (Lipinski definition) is 0. The molecule has 1 aromatic heterocycles. The summed E-state index contributed by atoms with van der Waals surface area (Å²) < 4.78 is 0. The lowest BCUT2D eigenvalue weighted by Crippen LogP contribution is -1.95. The highest BCUT2D eigenvalue weighted by Crippen LogP contribution is 2.24. The number of nitro benzene ring substituents is 1. The molecule has 6 heteroatoms. The Hall–Kier alpha value is -1.75. The van der Waals surface area contributed by atoms with Crippen LogP contribution in [0, 0.1) is 10.1 Å². The highest BCUT2D eigenvalue weighted by Gasteiger charge is 2.10. The SMILES string of the molecule is CCc1nc(Cl)c2ccc([N+](=O)[O-])cc2n1. The van der Waals surface area contributed by atoms with Gasteiger partial charge in [0.1, 0.15) is 11.0 Å². The second-order valence-electron chi connectivity index (χ2n) is 3.24. The Balaban J connectivity index is 2.71. The molecule has 0 aliphatic carbocycles. The van der Waals surface area contributed by atoms with Gasteiger partial charge in [-0.25, -0.2) is 9.97 Å². The summed E-state index contributed by atoms with van der Waals surface area (Å²) in [5, 5.41) is 11.6. The minimum atomic E-state index is -0.457. The number of benzene rings is 1. The summed E-state index contributed by atoms with van der Waals surface area (Å²) in [5.74, 6) is 0.581. The number of rotatable bonds is 2. The minimum absolute atomic E-state index is 0.00400. The fourth-order valence-corrected chi connectivity index (χ4v) is 1.65. The van der Waals surface area contributed by atoms with Gasteiger partial charge in [0.25, 0.3) is 5.69 Å².